The van der Waals surface area contributed by atoms with Gasteiger partial charge in [-0.1, -0.05) is 55.8 Å². The fourth-order valence-electron chi connectivity index (χ4n) is 3.56. The molecule has 4 nitrogen and oxygen atoms in total. The number of hydrogen-bond donors (Lipinski definition) is 1. The zero-order chi connectivity index (χ0) is 18.9. The van der Waals surface area contributed by atoms with Gasteiger partial charge in [0.05, 0.1) is 0 Å². The molecule has 1 aliphatic heterocycles. The number of halogens is 2. The van der Waals surface area contributed by atoms with Crippen molar-refractivity contribution in [3.8, 4) is 5.75 Å². The van der Waals surface area contributed by atoms with Crippen molar-refractivity contribution in [2.45, 2.75) is 32.4 Å². The lowest BCUT2D eigenvalue weighted by molar-refractivity contribution is -0.00100. The van der Waals surface area contributed by atoms with Crippen molar-refractivity contribution in [2.75, 3.05) is 39.3 Å². The first-order valence-electron chi connectivity index (χ1n) is 10.1. The van der Waals surface area contributed by atoms with Crippen molar-refractivity contribution < 1.29 is 34.7 Å². The molecule has 1 unspecified atom stereocenters. The second-order valence-corrected chi connectivity index (χ2v) is 7.42. The van der Waals surface area contributed by atoms with E-state index in [4.69, 9.17) is 4.74 Å². The smallest absolute Gasteiger partial charge is 0.119 e. The summed E-state index contributed by atoms with van der Waals surface area (Å²) in [6, 6.07) is 18.8. The van der Waals surface area contributed by atoms with Crippen LogP contribution < -0.4 is 29.6 Å². The fourth-order valence-corrected chi connectivity index (χ4v) is 3.56. The number of ether oxygens (including phenoxy) is 1. The molecule has 1 atom stereocenters. The number of nitrogens with zero attached hydrogens (tertiary/aromatic N) is 2. The average molecular weight is 439 g/mol. The van der Waals surface area contributed by atoms with Crippen LogP contribution in [0.5, 0.6) is 5.75 Å². The van der Waals surface area contributed by atoms with E-state index in [1.807, 2.05) is 12.1 Å². The largest absolute Gasteiger partial charge is 1.00 e. The number of benzene rings is 2. The molecule has 1 N–H and O–H groups in total. The number of aliphatic hydroxyl groups excluding tert-OH is 1. The lowest BCUT2D eigenvalue weighted by Crippen LogP contribution is -3.00. The molecule has 3 rings (SSSR count). The average Bonchev–Trinajstić information content (AvgIpc) is 2.70. The number of piperazine rings is 1. The van der Waals surface area contributed by atoms with E-state index in [2.05, 4.69) is 59.2 Å². The second kappa shape index (κ2) is 13.8. The molecule has 6 heteroatoms. The topological polar surface area (TPSA) is 35.9 Å². The van der Waals surface area contributed by atoms with E-state index in [1.54, 1.807) is 0 Å². The van der Waals surface area contributed by atoms with Gasteiger partial charge in [-0.2, -0.15) is 0 Å². The minimum absolute atomic E-state index is 0. The standard InChI is InChI=1S/C23H32N2O2.2ClH/c1-2-6-20-9-11-23(12-10-20)27-19-22(26)18-25-15-13-24(14-16-25)17-21-7-4-3-5-8-21;;/h3-5,7-12,22,26H,2,6,13-19H2,1H3;2*1H/p-2. The Kier molecular flexibility index (Phi) is 12.3. The molecule has 0 bridgehead atoms. The predicted molar refractivity (Wildman–Crippen MR) is 110 cm³/mol. The summed E-state index contributed by atoms with van der Waals surface area (Å²) in [6.07, 6.45) is 1.79. The van der Waals surface area contributed by atoms with Crippen LogP contribution in [0.25, 0.3) is 0 Å². The summed E-state index contributed by atoms with van der Waals surface area (Å²) in [5.74, 6) is 0.835. The Balaban J connectivity index is 0.00000210. The van der Waals surface area contributed by atoms with E-state index in [9.17, 15) is 5.11 Å². The highest BCUT2D eigenvalue weighted by atomic mass is 35.5. The third-order valence-corrected chi connectivity index (χ3v) is 5.09. The van der Waals surface area contributed by atoms with Gasteiger partial charge in [-0.05, 0) is 29.7 Å². The van der Waals surface area contributed by atoms with Crippen LogP contribution in [0.2, 0.25) is 0 Å². The Morgan fingerprint density at radius 2 is 1.48 bits per heavy atom. The van der Waals surface area contributed by atoms with E-state index in [1.165, 1.54) is 11.1 Å². The van der Waals surface area contributed by atoms with Crippen LogP contribution >= 0.6 is 0 Å². The van der Waals surface area contributed by atoms with Crippen LogP contribution in [-0.4, -0.2) is 60.3 Å². The highest BCUT2D eigenvalue weighted by molar-refractivity contribution is 5.27. The van der Waals surface area contributed by atoms with Gasteiger partial charge in [0.25, 0.3) is 0 Å². The highest BCUT2D eigenvalue weighted by Crippen LogP contribution is 2.14. The van der Waals surface area contributed by atoms with Gasteiger partial charge in [0, 0.05) is 39.3 Å². The van der Waals surface area contributed by atoms with Crippen LogP contribution in [0.4, 0.5) is 0 Å². The zero-order valence-electron chi connectivity index (χ0n) is 17.1. The third kappa shape index (κ3) is 8.93. The summed E-state index contributed by atoms with van der Waals surface area (Å²) in [7, 11) is 0. The minimum Gasteiger partial charge on any atom is -1.00 e. The number of hydrogen-bond acceptors (Lipinski definition) is 4. The summed E-state index contributed by atoms with van der Waals surface area (Å²) in [6.45, 7) is 8.29. The normalized spacial score (nSPS) is 15.8. The van der Waals surface area contributed by atoms with Gasteiger partial charge >= 0.3 is 0 Å². The van der Waals surface area contributed by atoms with Crippen LogP contribution in [-0.2, 0) is 13.0 Å². The number of aliphatic hydroxyl groups is 1. The van der Waals surface area contributed by atoms with Crippen molar-refractivity contribution in [1.82, 2.24) is 9.80 Å². The molecule has 0 saturated carbocycles. The quantitative estimate of drug-likeness (QED) is 0.458. The van der Waals surface area contributed by atoms with E-state index in [0.29, 0.717) is 13.2 Å². The molecule has 2 aromatic rings. The molecule has 0 aromatic heterocycles. The number of aryl methyl sites for hydroxylation is 1. The van der Waals surface area contributed by atoms with Crippen LogP contribution in [0.1, 0.15) is 24.5 Å². The molecule has 1 heterocycles. The zero-order valence-corrected chi connectivity index (χ0v) is 18.7. The van der Waals surface area contributed by atoms with Gasteiger partial charge in [0.2, 0.25) is 0 Å². The SMILES string of the molecule is CCCc1ccc(OCC(O)CN2CCN(Cc3ccccc3)CC2)cc1.[Cl-].[Cl-]. The highest BCUT2D eigenvalue weighted by Gasteiger charge is 2.19. The Morgan fingerprint density at radius 3 is 2.10 bits per heavy atom. The lowest BCUT2D eigenvalue weighted by atomic mass is 10.1. The molecule has 0 radical (unpaired) electrons. The van der Waals surface area contributed by atoms with Crippen molar-refractivity contribution >= 4 is 0 Å². The van der Waals surface area contributed by atoms with Crippen LogP contribution in [0, 0.1) is 0 Å². The van der Waals surface area contributed by atoms with Gasteiger partial charge in [-0.15, -0.1) is 0 Å². The van der Waals surface area contributed by atoms with Crippen molar-refractivity contribution in [3.63, 3.8) is 0 Å². The number of β-amino-alcohol motifs (C(OH)–C–C–N with tert-alkyl or cyclic N) is 1. The van der Waals surface area contributed by atoms with Gasteiger partial charge in [-0.25, -0.2) is 0 Å². The fraction of sp³-hybridized carbons (Fsp3) is 0.478. The van der Waals surface area contributed by atoms with Gasteiger partial charge < -0.3 is 34.7 Å². The summed E-state index contributed by atoms with van der Waals surface area (Å²) in [4.78, 5) is 4.81. The first kappa shape index (κ1) is 25.7. The maximum atomic E-state index is 10.3. The molecule has 0 aliphatic carbocycles. The third-order valence-electron chi connectivity index (χ3n) is 5.09. The van der Waals surface area contributed by atoms with E-state index in [0.717, 1.165) is 51.3 Å². The molecule has 0 amide bonds. The van der Waals surface area contributed by atoms with Gasteiger partial charge in [-0.3, -0.25) is 9.80 Å². The lowest BCUT2D eigenvalue weighted by Gasteiger charge is -2.35. The summed E-state index contributed by atoms with van der Waals surface area (Å²) in [5.41, 5.74) is 2.70. The molecule has 29 heavy (non-hydrogen) atoms. The molecule has 162 valence electrons. The predicted octanol–water partition coefficient (Wildman–Crippen LogP) is -2.80. The van der Waals surface area contributed by atoms with Crippen molar-refractivity contribution in [3.05, 3.63) is 65.7 Å². The maximum absolute atomic E-state index is 10.3. The van der Waals surface area contributed by atoms with Crippen LogP contribution in [0.15, 0.2) is 54.6 Å². The Bertz CT molecular complexity index is 662. The van der Waals surface area contributed by atoms with Gasteiger partial charge in [0.15, 0.2) is 0 Å². The molecule has 2 aromatic carbocycles. The van der Waals surface area contributed by atoms with E-state index < -0.39 is 6.10 Å². The second-order valence-electron chi connectivity index (χ2n) is 7.42. The Hall–Kier alpha value is -1.30. The maximum Gasteiger partial charge on any atom is 0.119 e. The molecular formula is C23H32Cl2N2O2-2. The number of rotatable bonds is 9. The van der Waals surface area contributed by atoms with Crippen molar-refractivity contribution in [1.29, 1.82) is 0 Å². The molecular weight excluding hydrogens is 407 g/mol. The summed E-state index contributed by atoms with van der Waals surface area (Å²) >= 11 is 0. The Morgan fingerprint density at radius 1 is 0.862 bits per heavy atom. The molecule has 1 aliphatic rings. The first-order valence-corrected chi connectivity index (χ1v) is 10.1. The van der Waals surface area contributed by atoms with E-state index >= 15 is 0 Å². The van der Waals surface area contributed by atoms with E-state index in [-0.39, 0.29) is 24.8 Å². The summed E-state index contributed by atoms with van der Waals surface area (Å²) < 4.78 is 5.76. The Labute approximate surface area is 187 Å². The molecule has 0 spiro atoms. The van der Waals surface area contributed by atoms with Crippen molar-refractivity contribution in [2.24, 2.45) is 0 Å². The minimum atomic E-state index is -0.457. The monoisotopic (exact) mass is 438 g/mol. The first-order chi connectivity index (χ1) is 13.2. The van der Waals surface area contributed by atoms with Gasteiger partial charge in [0.1, 0.15) is 18.5 Å². The summed E-state index contributed by atoms with van der Waals surface area (Å²) in [5, 5.41) is 10.3. The molecule has 1 fully saturated rings. The molecule has 1 saturated heterocycles. The van der Waals surface area contributed by atoms with Crippen LogP contribution in [0.3, 0.4) is 0 Å².